The maximum absolute atomic E-state index is 13.6. The SMILES string of the molecule is COc1cc(F)c(CN(C)C(C)CN)cc1F. The number of halogens is 2. The topological polar surface area (TPSA) is 38.5 Å². The number of nitrogens with two attached hydrogens (primary N) is 1. The molecule has 1 unspecified atom stereocenters. The summed E-state index contributed by atoms with van der Waals surface area (Å²) in [5, 5.41) is 0. The molecule has 0 saturated heterocycles. The van der Waals surface area contributed by atoms with Gasteiger partial charge in [-0.2, -0.15) is 0 Å². The summed E-state index contributed by atoms with van der Waals surface area (Å²) in [6.07, 6.45) is 0. The van der Waals surface area contributed by atoms with Gasteiger partial charge in [0.2, 0.25) is 0 Å². The molecule has 0 aromatic heterocycles. The fourth-order valence-corrected chi connectivity index (χ4v) is 1.45. The van der Waals surface area contributed by atoms with Gasteiger partial charge in [0.05, 0.1) is 7.11 Å². The number of likely N-dealkylation sites (N-methyl/N-ethyl adjacent to an activating group) is 1. The Morgan fingerprint density at radius 1 is 1.35 bits per heavy atom. The second-order valence-electron chi connectivity index (χ2n) is 4.08. The summed E-state index contributed by atoms with van der Waals surface area (Å²) < 4.78 is 31.8. The van der Waals surface area contributed by atoms with Gasteiger partial charge in [0, 0.05) is 30.8 Å². The Balaban J connectivity index is 2.88. The average Bonchev–Trinajstić information content (AvgIpc) is 2.32. The molecule has 0 spiro atoms. The third-order valence-corrected chi connectivity index (χ3v) is 2.83. The molecule has 0 heterocycles. The van der Waals surface area contributed by atoms with Gasteiger partial charge in [0.25, 0.3) is 0 Å². The normalized spacial score (nSPS) is 12.9. The van der Waals surface area contributed by atoms with Crippen LogP contribution in [0.25, 0.3) is 0 Å². The lowest BCUT2D eigenvalue weighted by Crippen LogP contribution is -2.35. The predicted molar refractivity (Wildman–Crippen MR) is 62.9 cm³/mol. The molecule has 17 heavy (non-hydrogen) atoms. The molecule has 0 radical (unpaired) electrons. The largest absolute Gasteiger partial charge is 0.494 e. The third kappa shape index (κ3) is 3.38. The Hall–Kier alpha value is -1.20. The molecule has 2 N–H and O–H groups in total. The van der Waals surface area contributed by atoms with Crippen molar-refractivity contribution in [1.29, 1.82) is 0 Å². The molecule has 0 fully saturated rings. The number of ether oxygens (including phenoxy) is 1. The minimum Gasteiger partial charge on any atom is -0.494 e. The Labute approximate surface area is 100 Å². The lowest BCUT2D eigenvalue weighted by atomic mass is 10.1. The minimum absolute atomic E-state index is 0.0826. The maximum Gasteiger partial charge on any atom is 0.165 e. The second-order valence-corrected chi connectivity index (χ2v) is 4.08. The van der Waals surface area contributed by atoms with Crippen molar-refractivity contribution in [3.8, 4) is 5.75 Å². The zero-order chi connectivity index (χ0) is 13.0. The molecule has 1 atom stereocenters. The number of nitrogens with zero attached hydrogens (tertiary/aromatic N) is 1. The molecule has 0 saturated carbocycles. The molecule has 0 bridgehead atoms. The molecular weight excluding hydrogens is 226 g/mol. The Morgan fingerprint density at radius 2 is 2.00 bits per heavy atom. The molecule has 0 amide bonds. The van der Waals surface area contributed by atoms with E-state index in [2.05, 4.69) is 0 Å². The number of benzene rings is 1. The van der Waals surface area contributed by atoms with E-state index in [1.54, 1.807) is 0 Å². The van der Waals surface area contributed by atoms with E-state index >= 15 is 0 Å². The lowest BCUT2D eigenvalue weighted by molar-refractivity contribution is 0.250. The summed E-state index contributed by atoms with van der Waals surface area (Å²) in [7, 11) is 3.12. The first-order chi connectivity index (χ1) is 7.99. The molecule has 0 aliphatic rings. The molecule has 1 aromatic rings. The van der Waals surface area contributed by atoms with Gasteiger partial charge < -0.3 is 10.5 Å². The first-order valence-corrected chi connectivity index (χ1v) is 5.41. The van der Waals surface area contributed by atoms with E-state index in [4.69, 9.17) is 10.5 Å². The highest BCUT2D eigenvalue weighted by atomic mass is 19.1. The van der Waals surface area contributed by atoms with Crippen LogP contribution in [0.2, 0.25) is 0 Å². The Kier molecular flexibility index (Phi) is 4.84. The molecule has 1 aromatic carbocycles. The zero-order valence-corrected chi connectivity index (χ0v) is 10.3. The highest BCUT2D eigenvalue weighted by Gasteiger charge is 2.14. The standard InChI is InChI=1S/C12H18F2N2O/c1-8(6-15)16(2)7-9-4-11(14)12(17-3)5-10(9)13/h4-5,8H,6-7,15H2,1-3H3. The summed E-state index contributed by atoms with van der Waals surface area (Å²) in [6, 6.07) is 2.33. The van der Waals surface area contributed by atoms with Crippen LogP contribution in [0.5, 0.6) is 5.75 Å². The van der Waals surface area contributed by atoms with E-state index in [0.717, 1.165) is 12.1 Å². The average molecular weight is 244 g/mol. The highest BCUT2D eigenvalue weighted by molar-refractivity contribution is 5.30. The maximum atomic E-state index is 13.6. The summed E-state index contributed by atoms with van der Waals surface area (Å²) >= 11 is 0. The molecule has 1 rings (SSSR count). The van der Waals surface area contributed by atoms with Crippen molar-refractivity contribution in [2.24, 2.45) is 5.73 Å². The van der Waals surface area contributed by atoms with Gasteiger partial charge >= 0.3 is 0 Å². The van der Waals surface area contributed by atoms with Crippen LogP contribution in [0.3, 0.4) is 0 Å². The summed E-state index contributed by atoms with van der Waals surface area (Å²) in [6.45, 7) is 2.71. The van der Waals surface area contributed by atoms with Crippen LogP contribution in [0.4, 0.5) is 8.78 Å². The van der Waals surface area contributed by atoms with Crippen molar-refractivity contribution in [3.05, 3.63) is 29.3 Å². The zero-order valence-electron chi connectivity index (χ0n) is 10.3. The number of hydrogen-bond donors (Lipinski definition) is 1. The van der Waals surface area contributed by atoms with Gasteiger partial charge in [-0.15, -0.1) is 0 Å². The lowest BCUT2D eigenvalue weighted by Gasteiger charge is -2.23. The fourth-order valence-electron chi connectivity index (χ4n) is 1.45. The van der Waals surface area contributed by atoms with Crippen LogP contribution in [0.1, 0.15) is 12.5 Å². The quantitative estimate of drug-likeness (QED) is 0.857. The van der Waals surface area contributed by atoms with Crippen LogP contribution in [0, 0.1) is 11.6 Å². The molecule has 0 aliphatic heterocycles. The van der Waals surface area contributed by atoms with Crippen LogP contribution in [0.15, 0.2) is 12.1 Å². The minimum atomic E-state index is -0.558. The van der Waals surface area contributed by atoms with Crippen molar-refractivity contribution in [2.75, 3.05) is 20.7 Å². The fraction of sp³-hybridized carbons (Fsp3) is 0.500. The van der Waals surface area contributed by atoms with Crippen LogP contribution in [-0.2, 0) is 6.54 Å². The van der Waals surface area contributed by atoms with Crippen LogP contribution < -0.4 is 10.5 Å². The monoisotopic (exact) mass is 244 g/mol. The van der Waals surface area contributed by atoms with Gasteiger partial charge in [0.1, 0.15) is 5.82 Å². The van der Waals surface area contributed by atoms with Crippen LogP contribution >= 0.6 is 0 Å². The molecule has 5 heteroatoms. The van der Waals surface area contributed by atoms with Gasteiger partial charge in [-0.3, -0.25) is 4.90 Å². The third-order valence-electron chi connectivity index (χ3n) is 2.83. The molecule has 3 nitrogen and oxygen atoms in total. The van der Waals surface area contributed by atoms with Gasteiger partial charge in [-0.1, -0.05) is 0 Å². The second kappa shape index (κ2) is 5.93. The predicted octanol–water partition coefficient (Wildman–Crippen LogP) is 1.75. The summed E-state index contributed by atoms with van der Waals surface area (Å²) in [5.41, 5.74) is 5.81. The Morgan fingerprint density at radius 3 is 2.53 bits per heavy atom. The van der Waals surface area contributed by atoms with Crippen molar-refractivity contribution < 1.29 is 13.5 Å². The number of methoxy groups -OCH3 is 1. The van der Waals surface area contributed by atoms with Crippen molar-refractivity contribution in [3.63, 3.8) is 0 Å². The molecular formula is C12H18F2N2O. The first kappa shape index (κ1) is 13.9. The number of hydrogen-bond acceptors (Lipinski definition) is 3. The van der Waals surface area contributed by atoms with E-state index in [9.17, 15) is 8.78 Å². The van der Waals surface area contributed by atoms with E-state index in [1.165, 1.54) is 7.11 Å². The van der Waals surface area contributed by atoms with Gasteiger partial charge in [0.15, 0.2) is 11.6 Å². The number of rotatable bonds is 5. The van der Waals surface area contributed by atoms with E-state index in [1.807, 2.05) is 18.9 Å². The summed E-state index contributed by atoms with van der Waals surface area (Å²) in [4.78, 5) is 1.87. The highest BCUT2D eigenvalue weighted by Crippen LogP contribution is 2.22. The first-order valence-electron chi connectivity index (χ1n) is 5.41. The molecule has 0 aliphatic carbocycles. The summed E-state index contributed by atoms with van der Waals surface area (Å²) in [5.74, 6) is -1.11. The molecule has 96 valence electrons. The smallest absolute Gasteiger partial charge is 0.165 e. The Bertz CT molecular complexity index is 385. The van der Waals surface area contributed by atoms with E-state index in [0.29, 0.717) is 18.7 Å². The van der Waals surface area contributed by atoms with Crippen molar-refractivity contribution in [1.82, 2.24) is 4.90 Å². The van der Waals surface area contributed by atoms with E-state index in [-0.39, 0.29) is 11.8 Å². The van der Waals surface area contributed by atoms with Crippen LogP contribution in [-0.4, -0.2) is 31.6 Å². The van der Waals surface area contributed by atoms with E-state index < -0.39 is 11.6 Å². The van der Waals surface area contributed by atoms with Crippen molar-refractivity contribution >= 4 is 0 Å². The van der Waals surface area contributed by atoms with Gasteiger partial charge in [-0.05, 0) is 20.0 Å². The van der Waals surface area contributed by atoms with Gasteiger partial charge in [-0.25, -0.2) is 8.78 Å². The van der Waals surface area contributed by atoms with Crippen molar-refractivity contribution in [2.45, 2.75) is 19.5 Å².